The number of carbonyl (C=O) groups is 2. The molecule has 1 N–H and O–H groups in total. The van der Waals surface area contributed by atoms with Gasteiger partial charge in [-0.3, -0.25) is 10.1 Å². The van der Waals surface area contributed by atoms with Gasteiger partial charge in [-0.2, -0.15) is 10.4 Å². The number of halogens is 1. The minimum atomic E-state index is -0.711. The lowest BCUT2D eigenvalue weighted by Gasteiger charge is -2.15. The first-order chi connectivity index (χ1) is 12.4. The molecule has 10 heteroatoms. The van der Waals surface area contributed by atoms with Crippen LogP contribution in [0.2, 0.25) is 0 Å². The predicted molar refractivity (Wildman–Crippen MR) is 96.3 cm³/mol. The molecular formula is C16H14FN5O3S. The van der Waals surface area contributed by atoms with Crippen LogP contribution >= 0.6 is 11.8 Å². The van der Waals surface area contributed by atoms with E-state index in [9.17, 15) is 14.0 Å². The Morgan fingerprint density at radius 2 is 2.19 bits per heavy atom. The van der Waals surface area contributed by atoms with Gasteiger partial charge in [0.25, 0.3) is 5.91 Å². The van der Waals surface area contributed by atoms with Crippen LogP contribution in [0.1, 0.15) is 11.1 Å². The van der Waals surface area contributed by atoms with Crippen molar-refractivity contribution in [2.75, 3.05) is 26.1 Å². The summed E-state index contributed by atoms with van der Waals surface area (Å²) in [6.45, 7) is 0. The van der Waals surface area contributed by atoms with Crippen molar-refractivity contribution in [3.8, 4) is 6.07 Å². The van der Waals surface area contributed by atoms with Crippen molar-refractivity contribution < 1.29 is 18.7 Å². The third kappa shape index (κ3) is 4.25. The number of methoxy groups -OCH3 is 1. The summed E-state index contributed by atoms with van der Waals surface area (Å²) in [5.41, 5.74) is 0.430. The molecule has 2 rings (SSSR count). The monoisotopic (exact) mass is 375 g/mol. The van der Waals surface area contributed by atoms with E-state index < -0.39 is 17.7 Å². The normalized spacial score (nSPS) is 16.8. The number of ether oxygens (including phenoxy) is 1. The lowest BCUT2D eigenvalue weighted by atomic mass is 10.1. The third-order valence-corrected chi connectivity index (χ3v) is 4.09. The highest BCUT2D eigenvalue weighted by molar-refractivity contribution is 8.18. The van der Waals surface area contributed by atoms with Crippen molar-refractivity contribution in [1.82, 2.24) is 5.32 Å². The molecule has 0 aromatic heterocycles. The Kier molecular flexibility index (Phi) is 6.08. The third-order valence-electron chi connectivity index (χ3n) is 3.19. The highest BCUT2D eigenvalue weighted by atomic mass is 32.2. The molecule has 0 aliphatic carbocycles. The van der Waals surface area contributed by atoms with E-state index in [-0.39, 0.29) is 21.2 Å². The summed E-state index contributed by atoms with van der Waals surface area (Å²) >= 11 is 0.899. The average molecular weight is 375 g/mol. The molecule has 134 valence electrons. The molecule has 0 radical (unpaired) electrons. The van der Waals surface area contributed by atoms with Gasteiger partial charge in [0, 0.05) is 25.7 Å². The number of nitriles is 1. The number of anilines is 1. The summed E-state index contributed by atoms with van der Waals surface area (Å²) in [7, 11) is 4.60. The van der Waals surface area contributed by atoms with Gasteiger partial charge in [0.05, 0.1) is 23.9 Å². The van der Waals surface area contributed by atoms with Crippen molar-refractivity contribution in [3.05, 3.63) is 40.1 Å². The van der Waals surface area contributed by atoms with Crippen molar-refractivity contribution in [2.24, 2.45) is 10.2 Å². The number of benzene rings is 1. The topological polar surface area (TPSA) is 107 Å². The van der Waals surface area contributed by atoms with Gasteiger partial charge in [-0.25, -0.2) is 9.18 Å². The maximum absolute atomic E-state index is 14.4. The van der Waals surface area contributed by atoms with E-state index >= 15 is 0 Å². The molecule has 0 saturated carbocycles. The summed E-state index contributed by atoms with van der Waals surface area (Å²) < 4.78 is 18.8. The zero-order valence-electron chi connectivity index (χ0n) is 14.1. The van der Waals surface area contributed by atoms with Gasteiger partial charge in [-0.1, -0.05) is 0 Å². The first-order valence-electron chi connectivity index (χ1n) is 7.17. The average Bonchev–Trinajstić information content (AvgIpc) is 2.95. The maximum atomic E-state index is 14.4. The zero-order valence-corrected chi connectivity index (χ0v) is 14.9. The number of carbonyl (C=O) groups excluding carboxylic acids is 2. The molecule has 0 atom stereocenters. The van der Waals surface area contributed by atoms with Crippen molar-refractivity contribution in [2.45, 2.75) is 0 Å². The van der Waals surface area contributed by atoms with Crippen LogP contribution in [0, 0.1) is 17.1 Å². The van der Waals surface area contributed by atoms with Gasteiger partial charge in [0.15, 0.2) is 11.0 Å². The van der Waals surface area contributed by atoms with Crippen LogP contribution in [0.3, 0.4) is 0 Å². The molecule has 1 aliphatic heterocycles. The predicted octanol–water partition coefficient (Wildman–Crippen LogP) is 1.37. The highest BCUT2D eigenvalue weighted by Gasteiger charge is 2.25. The fraction of sp³-hybridized carbons (Fsp3) is 0.188. The second-order valence-electron chi connectivity index (χ2n) is 5.11. The van der Waals surface area contributed by atoms with Gasteiger partial charge in [-0.05, 0) is 23.9 Å². The molecule has 1 aromatic rings. The Morgan fingerprint density at radius 1 is 1.46 bits per heavy atom. The van der Waals surface area contributed by atoms with E-state index in [2.05, 4.69) is 20.3 Å². The molecule has 0 bridgehead atoms. The standard InChI is InChI=1S/C16H14FN5O3S/c1-22(2)11-5-4-9(14(17)10(11)7-18)8-19-21-16-20-15(24)12(26-16)6-13(23)25-3/h4-6,8H,1-3H3,(H,20,21,24)/b12-6+,19-8?. The van der Waals surface area contributed by atoms with Crippen LogP contribution in [0.4, 0.5) is 10.1 Å². The Balaban J connectivity index is 2.20. The quantitative estimate of drug-likeness (QED) is 0.369. The van der Waals surface area contributed by atoms with Gasteiger partial charge in [0.2, 0.25) is 0 Å². The number of hydrogen-bond donors (Lipinski definition) is 1. The minimum Gasteiger partial charge on any atom is -0.466 e. The molecular weight excluding hydrogens is 361 g/mol. The number of amidine groups is 1. The number of hydrogen-bond acceptors (Lipinski definition) is 8. The second-order valence-corrected chi connectivity index (χ2v) is 6.14. The van der Waals surface area contributed by atoms with Crippen LogP contribution in [-0.4, -0.2) is 44.5 Å². The molecule has 26 heavy (non-hydrogen) atoms. The van der Waals surface area contributed by atoms with E-state index in [0.717, 1.165) is 24.1 Å². The van der Waals surface area contributed by atoms with E-state index in [1.165, 1.54) is 13.2 Å². The fourth-order valence-electron chi connectivity index (χ4n) is 1.95. The van der Waals surface area contributed by atoms with Crippen LogP contribution in [0.5, 0.6) is 0 Å². The van der Waals surface area contributed by atoms with Gasteiger partial charge in [0.1, 0.15) is 11.6 Å². The number of rotatable bonds is 4. The molecule has 1 heterocycles. The Hall–Kier alpha value is -3.19. The van der Waals surface area contributed by atoms with Crippen LogP contribution in [0.25, 0.3) is 0 Å². The number of esters is 1. The SMILES string of the molecule is COC(=O)/C=C1/S/C(=N\N=Cc2ccc(N(C)C)c(C#N)c2F)NC1=O. The van der Waals surface area contributed by atoms with Gasteiger partial charge >= 0.3 is 5.97 Å². The molecule has 1 fully saturated rings. The van der Waals surface area contributed by atoms with Crippen molar-refractivity contribution in [3.63, 3.8) is 0 Å². The summed E-state index contributed by atoms with van der Waals surface area (Å²) in [4.78, 5) is 24.6. The van der Waals surface area contributed by atoms with Crippen LogP contribution in [0.15, 0.2) is 33.3 Å². The first-order valence-corrected chi connectivity index (χ1v) is 7.98. The van der Waals surface area contributed by atoms with Crippen molar-refractivity contribution >= 4 is 40.7 Å². The first kappa shape index (κ1) is 19.1. The van der Waals surface area contributed by atoms with Gasteiger partial charge in [-0.15, -0.1) is 5.10 Å². The van der Waals surface area contributed by atoms with Gasteiger partial charge < -0.3 is 9.64 Å². The van der Waals surface area contributed by atoms with Crippen molar-refractivity contribution in [1.29, 1.82) is 5.26 Å². The lowest BCUT2D eigenvalue weighted by molar-refractivity contribution is -0.135. The zero-order chi connectivity index (χ0) is 19.3. The minimum absolute atomic E-state index is 0.0798. The Morgan fingerprint density at radius 3 is 2.81 bits per heavy atom. The van der Waals surface area contributed by atoms with Crippen LogP contribution in [-0.2, 0) is 14.3 Å². The van der Waals surface area contributed by atoms with E-state index in [1.54, 1.807) is 25.1 Å². The summed E-state index contributed by atoms with van der Waals surface area (Å²) in [5, 5.41) is 19.2. The lowest BCUT2D eigenvalue weighted by Crippen LogP contribution is -2.19. The largest absolute Gasteiger partial charge is 0.466 e. The number of amides is 1. The Labute approximate surface area is 153 Å². The Bertz CT molecular complexity index is 887. The number of nitrogens with one attached hydrogen (secondary N) is 1. The van der Waals surface area contributed by atoms with E-state index in [4.69, 9.17) is 5.26 Å². The molecule has 0 spiro atoms. The molecule has 0 unspecified atom stereocenters. The van der Waals surface area contributed by atoms with E-state index in [0.29, 0.717) is 5.69 Å². The molecule has 1 aromatic carbocycles. The fourth-order valence-corrected chi connectivity index (χ4v) is 2.68. The molecule has 8 nitrogen and oxygen atoms in total. The number of nitrogens with zero attached hydrogens (tertiary/aromatic N) is 4. The summed E-state index contributed by atoms with van der Waals surface area (Å²) in [6.07, 6.45) is 2.17. The molecule has 1 amide bonds. The highest BCUT2D eigenvalue weighted by Crippen LogP contribution is 2.24. The second kappa shape index (κ2) is 8.26. The van der Waals surface area contributed by atoms with Crippen LogP contribution < -0.4 is 10.2 Å². The van der Waals surface area contributed by atoms with E-state index in [1.807, 2.05) is 6.07 Å². The number of thioether (sulfide) groups is 1. The molecule has 1 aliphatic rings. The summed E-state index contributed by atoms with van der Waals surface area (Å²) in [5.74, 6) is -1.89. The molecule has 1 saturated heterocycles. The summed E-state index contributed by atoms with van der Waals surface area (Å²) in [6, 6.07) is 4.89. The maximum Gasteiger partial charge on any atom is 0.331 e. The smallest absolute Gasteiger partial charge is 0.331 e.